The highest BCUT2D eigenvalue weighted by atomic mass is 32.2. The highest BCUT2D eigenvalue weighted by Gasteiger charge is 2.18. The fraction of sp³-hybridized carbons (Fsp3) is 0.0833. The number of nitrogens with one attached hydrogen (secondary N) is 1. The van der Waals surface area contributed by atoms with E-state index < -0.39 is 0 Å². The summed E-state index contributed by atoms with van der Waals surface area (Å²) in [6, 6.07) is 24.8. The van der Waals surface area contributed by atoms with Crippen molar-refractivity contribution in [2.24, 2.45) is 0 Å². The number of carbonyl (C=O) groups excluding carboxylic acids is 1. The number of halogens is 1. The summed E-state index contributed by atoms with van der Waals surface area (Å²) in [4.78, 5) is 12.4. The quantitative estimate of drug-likeness (QED) is 0.417. The van der Waals surface area contributed by atoms with Crippen molar-refractivity contribution in [1.82, 2.24) is 14.8 Å². The summed E-state index contributed by atoms with van der Waals surface area (Å²) in [6.07, 6.45) is 0. The molecule has 158 valence electrons. The molecule has 4 rings (SSSR count). The van der Waals surface area contributed by atoms with Crippen LogP contribution < -0.4 is 5.32 Å². The number of carbonyl (C=O) groups is 1. The molecule has 3 aromatic carbocycles. The third-order valence-corrected chi connectivity index (χ3v) is 5.61. The second-order valence-corrected chi connectivity index (χ2v) is 7.83. The lowest BCUT2D eigenvalue weighted by atomic mass is 10.2. The molecule has 0 fully saturated rings. The lowest BCUT2D eigenvalue weighted by Crippen LogP contribution is -2.15. The van der Waals surface area contributed by atoms with Gasteiger partial charge in [0.05, 0.1) is 29.5 Å². The van der Waals surface area contributed by atoms with E-state index in [0.717, 1.165) is 5.56 Å². The van der Waals surface area contributed by atoms with Crippen molar-refractivity contribution >= 4 is 23.4 Å². The molecule has 0 atom stereocenters. The maximum Gasteiger partial charge on any atom is 0.234 e. The van der Waals surface area contributed by atoms with Gasteiger partial charge in [0.15, 0.2) is 11.0 Å². The van der Waals surface area contributed by atoms with Gasteiger partial charge in [-0.25, -0.2) is 4.39 Å². The van der Waals surface area contributed by atoms with Crippen LogP contribution in [0.4, 0.5) is 10.1 Å². The van der Waals surface area contributed by atoms with E-state index in [9.17, 15) is 9.18 Å². The first-order chi connectivity index (χ1) is 15.6. The Hall–Kier alpha value is -3.96. The molecule has 0 aliphatic heterocycles. The summed E-state index contributed by atoms with van der Waals surface area (Å²) in [7, 11) is 0. The number of nitrogens with zero attached hydrogens (tertiary/aromatic N) is 4. The molecule has 0 saturated heterocycles. The lowest BCUT2D eigenvalue weighted by molar-refractivity contribution is -0.113. The summed E-state index contributed by atoms with van der Waals surface area (Å²) in [5, 5.41) is 20.6. The third kappa shape index (κ3) is 5.02. The molecule has 0 spiro atoms. The topological polar surface area (TPSA) is 83.6 Å². The van der Waals surface area contributed by atoms with Crippen molar-refractivity contribution in [2.75, 3.05) is 11.1 Å². The predicted octanol–water partition coefficient (Wildman–Crippen LogP) is 4.73. The molecule has 0 saturated carbocycles. The van der Waals surface area contributed by atoms with E-state index >= 15 is 0 Å². The van der Waals surface area contributed by atoms with Crippen molar-refractivity contribution in [1.29, 1.82) is 5.26 Å². The van der Waals surface area contributed by atoms with Crippen molar-refractivity contribution in [2.45, 2.75) is 11.7 Å². The van der Waals surface area contributed by atoms with Crippen molar-refractivity contribution in [3.8, 4) is 17.5 Å². The number of thioether (sulfide) groups is 1. The Morgan fingerprint density at radius 3 is 2.44 bits per heavy atom. The average molecular weight is 444 g/mol. The molecule has 0 aliphatic carbocycles. The largest absolute Gasteiger partial charge is 0.325 e. The Kier molecular flexibility index (Phi) is 6.58. The second kappa shape index (κ2) is 9.90. The van der Waals surface area contributed by atoms with Crippen LogP contribution in [0.25, 0.3) is 11.4 Å². The molecule has 32 heavy (non-hydrogen) atoms. The molecule has 0 bridgehead atoms. The third-order valence-electron chi connectivity index (χ3n) is 4.65. The molecule has 0 aliphatic rings. The van der Waals surface area contributed by atoms with Crippen LogP contribution in [0.5, 0.6) is 0 Å². The highest BCUT2D eigenvalue weighted by Crippen LogP contribution is 2.27. The first-order valence-electron chi connectivity index (χ1n) is 9.79. The molecule has 1 N–H and O–H groups in total. The van der Waals surface area contributed by atoms with E-state index in [4.69, 9.17) is 5.26 Å². The van der Waals surface area contributed by atoms with Gasteiger partial charge in [-0.3, -0.25) is 9.36 Å². The molecule has 6 nitrogen and oxygen atoms in total. The summed E-state index contributed by atoms with van der Waals surface area (Å²) >= 11 is 1.23. The summed E-state index contributed by atoms with van der Waals surface area (Å²) in [5.74, 6) is -0.0998. The summed E-state index contributed by atoms with van der Waals surface area (Å²) in [5.41, 5.74) is 2.48. The predicted molar refractivity (Wildman–Crippen MR) is 121 cm³/mol. The van der Waals surface area contributed by atoms with Gasteiger partial charge in [-0.2, -0.15) is 5.26 Å². The minimum Gasteiger partial charge on any atom is -0.325 e. The number of amides is 1. The molecule has 8 heteroatoms. The van der Waals surface area contributed by atoms with Crippen LogP contribution in [-0.2, 0) is 11.3 Å². The zero-order chi connectivity index (χ0) is 22.3. The average Bonchev–Trinajstić information content (AvgIpc) is 3.21. The first kappa shape index (κ1) is 21.3. The van der Waals surface area contributed by atoms with Crippen LogP contribution >= 0.6 is 11.8 Å². The van der Waals surface area contributed by atoms with Crippen LogP contribution in [0.2, 0.25) is 0 Å². The van der Waals surface area contributed by atoms with Gasteiger partial charge < -0.3 is 5.32 Å². The van der Waals surface area contributed by atoms with E-state index in [0.29, 0.717) is 34.3 Å². The Labute approximate surface area is 188 Å². The van der Waals surface area contributed by atoms with E-state index in [2.05, 4.69) is 15.5 Å². The van der Waals surface area contributed by atoms with Crippen LogP contribution in [0.1, 0.15) is 11.1 Å². The van der Waals surface area contributed by atoms with Gasteiger partial charge >= 0.3 is 0 Å². The maximum atomic E-state index is 14.4. The molecule has 4 aromatic rings. The molecular weight excluding hydrogens is 425 g/mol. The van der Waals surface area contributed by atoms with Gasteiger partial charge in [0.1, 0.15) is 5.82 Å². The van der Waals surface area contributed by atoms with Gasteiger partial charge in [0.2, 0.25) is 5.91 Å². The maximum absolute atomic E-state index is 14.4. The van der Waals surface area contributed by atoms with E-state index in [1.165, 1.54) is 17.8 Å². The smallest absolute Gasteiger partial charge is 0.234 e. The first-order valence-corrected chi connectivity index (χ1v) is 10.8. The minimum atomic E-state index is -0.385. The Balaban J connectivity index is 1.54. The van der Waals surface area contributed by atoms with Crippen LogP contribution in [0, 0.1) is 17.1 Å². The number of nitriles is 1. The number of aromatic nitrogens is 3. The van der Waals surface area contributed by atoms with Gasteiger partial charge in [0, 0.05) is 5.69 Å². The van der Waals surface area contributed by atoms with Crippen LogP contribution in [0.3, 0.4) is 0 Å². The zero-order valence-electron chi connectivity index (χ0n) is 16.9. The van der Waals surface area contributed by atoms with Crippen molar-refractivity contribution < 1.29 is 9.18 Å². The number of anilines is 1. The SMILES string of the molecule is N#Cc1ccc(NC(=O)CSc2nnc(-c3ccccc3F)n2Cc2ccccc2)cc1. The van der Waals surface area contributed by atoms with E-state index in [-0.39, 0.29) is 17.5 Å². The Morgan fingerprint density at radius 1 is 1.00 bits per heavy atom. The normalized spacial score (nSPS) is 10.5. The molecule has 1 aromatic heterocycles. The van der Waals surface area contributed by atoms with Gasteiger partial charge in [0.25, 0.3) is 0 Å². The van der Waals surface area contributed by atoms with Crippen LogP contribution in [-0.4, -0.2) is 26.4 Å². The van der Waals surface area contributed by atoms with Crippen molar-refractivity contribution in [3.05, 3.63) is 95.8 Å². The van der Waals surface area contributed by atoms with Gasteiger partial charge in [-0.1, -0.05) is 54.2 Å². The molecule has 1 amide bonds. The lowest BCUT2D eigenvalue weighted by Gasteiger charge is -2.11. The monoisotopic (exact) mass is 443 g/mol. The Morgan fingerprint density at radius 2 is 1.72 bits per heavy atom. The fourth-order valence-corrected chi connectivity index (χ4v) is 3.84. The molecule has 0 unspecified atom stereocenters. The molecular formula is C24H18FN5OS. The highest BCUT2D eigenvalue weighted by molar-refractivity contribution is 7.99. The van der Waals surface area contributed by atoms with E-state index in [1.54, 1.807) is 42.5 Å². The number of hydrogen-bond donors (Lipinski definition) is 1. The standard InChI is InChI=1S/C24H18FN5OS/c25-21-9-5-4-8-20(21)23-28-29-24(30(23)15-18-6-2-1-3-7-18)32-16-22(31)27-19-12-10-17(14-26)11-13-19/h1-13H,15-16H2,(H,27,31). The van der Waals surface area contributed by atoms with Crippen molar-refractivity contribution in [3.63, 3.8) is 0 Å². The number of rotatable bonds is 7. The minimum absolute atomic E-state index is 0.101. The van der Waals surface area contributed by atoms with Crippen LogP contribution in [0.15, 0.2) is 84.0 Å². The Bertz CT molecular complexity index is 1270. The second-order valence-electron chi connectivity index (χ2n) is 6.88. The summed E-state index contributed by atoms with van der Waals surface area (Å²) in [6.45, 7) is 0.442. The number of hydrogen-bond acceptors (Lipinski definition) is 5. The van der Waals surface area contributed by atoms with Gasteiger partial charge in [-0.15, -0.1) is 10.2 Å². The number of benzene rings is 3. The zero-order valence-corrected chi connectivity index (χ0v) is 17.7. The molecule has 1 heterocycles. The van der Waals surface area contributed by atoms with Gasteiger partial charge in [-0.05, 0) is 42.0 Å². The fourth-order valence-electron chi connectivity index (χ4n) is 3.10. The van der Waals surface area contributed by atoms with E-state index in [1.807, 2.05) is 41.0 Å². The summed E-state index contributed by atoms with van der Waals surface area (Å²) < 4.78 is 16.3. The molecule has 0 radical (unpaired) electrons.